The van der Waals surface area contributed by atoms with Crippen molar-refractivity contribution in [3.8, 4) is 23.0 Å². The van der Waals surface area contributed by atoms with Crippen LogP contribution in [-0.2, 0) is 0 Å². The van der Waals surface area contributed by atoms with E-state index >= 15 is 0 Å². The molecule has 2 aromatic rings. The number of methoxy groups -OCH3 is 4. The van der Waals surface area contributed by atoms with Gasteiger partial charge in [-0.3, -0.25) is 4.79 Å². The molecular weight excluding hydrogens is 372 g/mol. The van der Waals surface area contributed by atoms with Gasteiger partial charge in [0.05, 0.1) is 39.8 Å². The minimum Gasteiger partial charge on any atom is -0.493 e. The molecule has 0 aliphatic rings. The van der Waals surface area contributed by atoms with E-state index in [2.05, 4.69) is 0 Å². The second-order valence-corrected chi connectivity index (χ2v) is 6.59. The van der Waals surface area contributed by atoms with Crippen LogP contribution >= 0.6 is 0 Å². The van der Waals surface area contributed by atoms with Gasteiger partial charge in [-0.1, -0.05) is 0 Å². The summed E-state index contributed by atoms with van der Waals surface area (Å²) in [6, 6.07) is 7.01. The fourth-order valence-electron chi connectivity index (χ4n) is 3.10. The Morgan fingerprint density at radius 1 is 0.931 bits per heavy atom. The van der Waals surface area contributed by atoms with Crippen molar-refractivity contribution in [3.05, 3.63) is 41.0 Å². The number of nitrogens with two attached hydrogens (primary N) is 1. The van der Waals surface area contributed by atoms with Crippen LogP contribution in [0.3, 0.4) is 0 Å². The molecule has 0 unspecified atom stereocenters. The van der Waals surface area contributed by atoms with Crippen LogP contribution in [0.4, 0.5) is 11.4 Å². The zero-order valence-electron chi connectivity index (χ0n) is 18.0. The Balaban J connectivity index is 2.53. The molecule has 0 radical (unpaired) electrons. The molecule has 2 aromatic carbocycles. The lowest BCUT2D eigenvalue weighted by atomic mass is 10.0. The van der Waals surface area contributed by atoms with E-state index in [4.69, 9.17) is 24.7 Å². The number of ether oxygens (including phenoxy) is 4. The molecule has 0 atom stereocenters. The number of hydrogen-bond donors (Lipinski definition) is 1. The number of Topliss-reactive ketones (excluding diaryl/α,β-unsaturated/α-hetero) is 1. The third-order valence-corrected chi connectivity index (χ3v) is 4.52. The van der Waals surface area contributed by atoms with Gasteiger partial charge in [0.1, 0.15) is 0 Å². The lowest BCUT2D eigenvalue weighted by Gasteiger charge is -2.18. The van der Waals surface area contributed by atoms with Gasteiger partial charge in [0.2, 0.25) is 11.5 Å². The maximum atomic E-state index is 12.9. The zero-order chi connectivity index (χ0) is 21.7. The Bertz CT molecular complexity index is 935. The molecule has 0 fully saturated rings. The largest absolute Gasteiger partial charge is 0.493 e. The van der Waals surface area contributed by atoms with Crippen molar-refractivity contribution in [1.29, 1.82) is 0 Å². The highest BCUT2D eigenvalue weighted by Crippen LogP contribution is 2.47. The maximum Gasteiger partial charge on any atom is 0.207 e. The highest BCUT2D eigenvalue weighted by molar-refractivity contribution is 6.11. The summed E-state index contributed by atoms with van der Waals surface area (Å²) in [6.07, 6.45) is 1.72. The fraction of sp³-hybridized carbons (Fsp3) is 0.318. The summed E-state index contributed by atoms with van der Waals surface area (Å²) in [4.78, 5) is 14.8. The molecule has 0 aliphatic heterocycles. The molecule has 0 aliphatic carbocycles. The van der Waals surface area contributed by atoms with E-state index < -0.39 is 0 Å². The number of carbonyl (C=O) groups excluding carboxylic acids is 1. The Kier molecular flexibility index (Phi) is 6.98. The predicted molar refractivity (Wildman–Crippen MR) is 116 cm³/mol. The zero-order valence-corrected chi connectivity index (χ0v) is 18.0. The quantitative estimate of drug-likeness (QED) is 0.411. The van der Waals surface area contributed by atoms with E-state index in [1.165, 1.54) is 28.4 Å². The van der Waals surface area contributed by atoms with Crippen LogP contribution in [0.2, 0.25) is 0 Å². The van der Waals surface area contributed by atoms with Crippen molar-refractivity contribution in [3.63, 3.8) is 0 Å². The van der Waals surface area contributed by atoms with Gasteiger partial charge >= 0.3 is 0 Å². The number of anilines is 2. The summed E-state index contributed by atoms with van der Waals surface area (Å²) in [5, 5.41) is 0. The summed E-state index contributed by atoms with van der Waals surface area (Å²) >= 11 is 0. The smallest absolute Gasteiger partial charge is 0.207 e. The molecule has 0 aromatic heterocycles. The van der Waals surface area contributed by atoms with E-state index in [-0.39, 0.29) is 5.78 Å². The van der Waals surface area contributed by atoms with E-state index in [9.17, 15) is 4.79 Å². The molecule has 0 spiro atoms. The number of hydrogen-bond acceptors (Lipinski definition) is 7. The minimum absolute atomic E-state index is 0.141. The molecule has 7 heteroatoms. The highest BCUT2D eigenvalue weighted by Gasteiger charge is 2.21. The first-order valence-electron chi connectivity index (χ1n) is 8.95. The number of ketones is 1. The van der Waals surface area contributed by atoms with Crippen molar-refractivity contribution in [2.75, 3.05) is 53.2 Å². The van der Waals surface area contributed by atoms with Crippen LogP contribution in [0, 0.1) is 0 Å². The van der Waals surface area contributed by atoms with E-state index in [1.54, 1.807) is 31.2 Å². The number of allylic oxidation sites excluding steroid dienone is 1. The Morgan fingerprint density at radius 2 is 1.55 bits per heavy atom. The summed E-state index contributed by atoms with van der Waals surface area (Å²) in [5.74, 6) is 1.58. The van der Waals surface area contributed by atoms with Gasteiger partial charge < -0.3 is 29.6 Å². The molecule has 0 bridgehead atoms. The summed E-state index contributed by atoms with van der Waals surface area (Å²) < 4.78 is 21.8. The Labute approximate surface area is 171 Å². The second kappa shape index (κ2) is 9.23. The van der Waals surface area contributed by atoms with Gasteiger partial charge in [0, 0.05) is 25.2 Å². The van der Waals surface area contributed by atoms with Gasteiger partial charge in [0.15, 0.2) is 17.3 Å². The first-order valence-corrected chi connectivity index (χ1v) is 8.95. The first kappa shape index (κ1) is 21.9. The number of benzene rings is 2. The molecule has 7 nitrogen and oxygen atoms in total. The lowest BCUT2D eigenvalue weighted by Crippen LogP contribution is -2.12. The van der Waals surface area contributed by atoms with Crippen LogP contribution in [0.5, 0.6) is 23.0 Å². The topological polar surface area (TPSA) is 83.3 Å². The van der Waals surface area contributed by atoms with Crippen molar-refractivity contribution < 1.29 is 23.7 Å². The van der Waals surface area contributed by atoms with Crippen LogP contribution in [-0.4, -0.2) is 48.3 Å². The SMILES string of the molecule is COc1cc(C=C(C)C(=O)c2ccc(N(C)C)c(N)c2)c(OC)c(OC)c1OC. The molecule has 0 heterocycles. The van der Waals surface area contributed by atoms with E-state index in [0.717, 1.165) is 5.69 Å². The number of carbonyl (C=O) groups is 1. The normalized spacial score (nSPS) is 11.1. The number of nitrogens with zero attached hydrogens (tertiary/aromatic N) is 1. The van der Waals surface area contributed by atoms with E-state index in [1.807, 2.05) is 25.1 Å². The van der Waals surface area contributed by atoms with Crippen LogP contribution in [0.25, 0.3) is 6.08 Å². The van der Waals surface area contributed by atoms with Crippen LogP contribution < -0.4 is 29.6 Å². The first-order chi connectivity index (χ1) is 13.8. The second-order valence-electron chi connectivity index (χ2n) is 6.59. The number of rotatable bonds is 8. The van der Waals surface area contributed by atoms with Crippen LogP contribution in [0.1, 0.15) is 22.8 Å². The average Bonchev–Trinajstić information content (AvgIpc) is 2.71. The molecule has 2 N–H and O–H groups in total. The third-order valence-electron chi connectivity index (χ3n) is 4.52. The predicted octanol–water partition coefficient (Wildman–Crippen LogP) is 3.66. The Morgan fingerprint density at radius 3 is 2.03 bits per heavy atom. The van der Waals surface area contributed by atoms with Gasteiger partial charge in [-0.05, 0) is 42.8 Å². The van der Waals surface area contributed by atoms with Crippen LogP contribution in [0.15, 0.2) is 29.8 Å². The lowest BCUT2D eigenvalue weighted by molar-refractivity contribution is 0.103. The number of nitrogen functional groups attached to an aromatic ring is 1. The summed E-state index contributed by atoms with van der Waals surface area (Å²) in [5.41, 5.74) is 9.13. The molecular formula is C22H28N2O5. The van der Waals surface area contributed by atoms with Crippen molar-refractivity contribution in [1.82, 2.24) is 0 Å². The van der Waals surface area contributed by atoms with Crippen molar-refractivity contribution >= 4 is 23.2 Å². The van der Waals surface area contributed by atoms with Gasteiger partial charge in [0.25, 0.3) is 0 Å². The molecule has 0 amide bonds. The van der Waals surface area contributed by atoms with Gasteiger partial charge in [-0.25, -0.2) is 0 Å². The molecule has 0 saturated heterocycles. The van der Waals surface area contributed by atoms with Crippen molar-refractivity contribution in [2.24, 2.45) is 0 Å². The van der Waals surface area contributed by atoms with Crippen molar-refractivity contribution in [2.45, 2.75) is 6.92 Å². The van der Waals surface area contributed by atoms with Gasteiger partial charge in [-0.2, -0.15) is 0 Å². The third kappa shape index (κ3) is 4.39. The Hall–Kier alpha value is -3.35. The highest BCUT2D eigenvalue weighted by atomic mass is 16.5. The molecule has 29 heavy (non-hydrogen) atoms. The standard InChI is InChI=1S/C22H28N2O5/c1-13(19(25)14-8-9-17(24(2)3)16(23)11-14)10-15-12-18(26-4)21(28-6)22(29-7)20(15)27-5/h8-12H,23H2,1-7H3. The summed E-state index contributed by atoms with van der Waals surface area (Å²) in [6.45, 7) is 1.74. The average molecular weight is 400 g/mol. The molecule has 2 rings (SSSR count). The minimum atomic E-state index is -0.141. The summed E-state index contributed by atoms with van der Waals surface area (Å²) in [7, 11) is 9.89. The van der Waals surface area contributed by atoms with Gasteiger partial charge in [-0.15, -0.1) is 0 Å². The molecule has 156 valence electrons. The van der Waals surface area contributed by atoms with E-state index in [0.29, 0.717) is 45.4 Å². The monoisotopic (exact) mass is 400 g/mol. The fourth-order valence-corrected chi connectivity index (χ4v) is 3.10. The molecule has 0 saturated carbocycles. The maximum absolute atomic E-state index is 12.9.